The van der Waals surface area contributed by atoms with Crippen molar-refractivity contribution in [3.05, 3.63) is 34.4 Å². The molecular weight excluding hydrogens is 404 g/mol. The second-order valence-electron chi connectivity index (χ2n) is 9.31. The van der Waals surface area contributed by atoms with Crippen molar-refractivity contribution in [1.82, 2.24) is 0 Å². The molecule has 4 rings (SSSR count). The molecule has 4 aliphatic carbocycles. The number of methoxy groups -OCH3 is 1. The van der Waals surface area contributed by atoms with E-state index in [1.54, 1.807) is 13.0 Å². The standard InChI is InChI=1S/C21H26O4.C4H8O.C2H6/c1-11-4-5-14-13(11)6-7-15-17(14)18(20(24)25-3)19(23)16-10-12(22)8-9-21(15,16)2;1-3-4(2)5;1-2/h5,10-11,13,18-19,23H,4,6-9H2,1-3H3;3H2,1-2H3;1-2H3/t11?,13?,18?,19-,21?;;/m0../s1. The summed E-state index contributed by atoms with van der Waals surface area (Å²) in [6.45, 7) is 11.8. The minimum atomic E-state index is -0.976. The first-order valence-electron chi connectivity index (χ1n) is 12.1. The van der Waals surface area contributed by atoms with Crippen LogP contribution in [-0.2, 0) is 19.1 Å². The summed E-state index contributed by atoms with van der Waals surface area (Å²) in [5, 5.41) is 11.1. The number of hydrogen-bond acceptors (Lipinski definition) is 5. The molecule has 0 saturated heterocycles. The second kappa shape index (κ2) is 10.7. The van der Waals surface area contributed by atoms with Crippen LogP contribution < -0.4 is 0 Å². The Morgan fingerprint density at radius 2 is 1.88 bits per heavy atom. The van der Waals surface area contributed by atoms with E-state index in [1.165, 1.54) is 18.3 Å². The van der Waals surface area contributed by atoms with Gasteiger partial charge in [0.05, 0.1) is 13.2 Å². The Bertz CT molecular complexity index is 846. The van der Waals surface area contributed by atoms with Crippen LogP contribution in [-0.4, -0.2) is 35.9 Å². The number of aliphatic hydroxyl groups is 1. The zero-order chi connectivity index (χ0) is 24.2. The highest BCUT2D eigenvalue weighted by molar-refractivity contribution is 5.93. The lowest BCUT2D eigenvalue weighted by atomic mass is 9.54. The van der Waals surface area contributed by atoms with E-state index in [9.17, 15) is 19.5 Å². The van der Waals surface area contributed by atoms with Gasteiger partial charge in [0, 0.05) is 18.3 Å². The highest BCUT2D eigenvalue weighted by Crippen LogP contribution is 2.59. The minimum Gasteiger partial charge on any atom is -0.468 e. The maximum Gasteiger partial charge on any atom is 0.316 e. The van der Waals surface area contributed by atoms with Gasteiger partial charge >= 0.3 is 5.97 Å². The molecule has 0 aromatic carbocycles. The Balaban J connectivity index is 0.000000460. The Labute approximate surface area is 193 Å². The lowest BCUT2D eigenvalue weighted by Crippen LogP contribution is -2.47. The molecule has 4 unspecified atom stereocenters. The molecule has 5 nitrogen and oxygen atoms in total. The highest BCUT2D eigenvalue weighted by atomic mass is 16.5. The monoisotopic (exact) mass is 444 g/mol. The van der Waals surface area contributed by atoms with Gasteiger partial charge in [0.25, 0.3) is 0 Å². The molecule has 32 heavy (non-hydrogen) atoms. The van der Waals surface area contributed by atoms with E-state index in [0.717, 1.165) is 31.3 Å². The summed E-state index contributed by atoms with van der Waals surface area (Å²) in [6.07, 6.45) is 7.82. The van der Waals surface area contributed by atoms with Gasteiger partial charge in [-0.15, -0.1) is 0 Å². The minimum absolute atomic E-state index is 0.0431. The topological polar surface area (TPSA) is 80.7 Å². The normalized spacial score (nSPS) is 32.6. The molecule has 0 saturated carbocycles. The van der Waals surface area contributed by atoms with Crippen molar-refractivity contribution in [1.29, 1.82) is 0 Å². The predicted octanol–water partition coefficient (Wildman–Crippen LogP) is 5.13. The van der Waals surface area contributed by atoms with E-state index in [0.29, 0.717) is 30.3 Å². The van der Waals surface area contributed by atoms with Crippen LogP contribution >= 0.6 is 0 Å². The van der Waals surface area contributed by atoms with Gasteiger partial charge in [-0.25, -0.2) is 0 Å². The second-order valence-corrected chi connectivity index (χ2v) is 9.31. The van der Waals surface area contributed by atoms with Crippen LogP contribution in [0.5, 0.6) is 0 Å². The van der Waals surface area contributed by atoms with Gasteiger partial charge in [-0.3, -0.25) is 9.59 Å². The maximum atomic E-state index is 12.6. The van der Waals surface area contributed by atoms with Gasteiger partial charge in [-0.1, -0.05) is 46.3 Å². The van der Waals surface area contributed by atoms with Crippen LogP contribution in [0.1, 0.15) is 80.1 Å². The number of ketones is 2. The molecule has 0 aliphatic heterocycles. The van der Waals surface area contributed by atoms with Gasteiger partial charge in [0.2, 0.25) is 0 Å². The van der Waals surface area contributed by atoms with Crippen molar-refractivity contribution < 1.29 is 24.2 Å². The number of fused-ring (bicyclic) bond motifs is 4. The largest absolute Gasteiger partial charge is 0.468 e. The van der Waals surface area contributed by atoms with Crippen molar-refractivity contribution in [2.75, 3.05) is 7.11 Å². The van der Waals surface area contributed by atoms with Crippen LogP contribution in [0, 0.1) is 23.2 Å². The molecule has 1 N–H and O–H groups in total. The fraction of sp³-hybridized carbons (Fsp3) is 0.667. The maximum absolute atomic E-state index is 12.6. The molecule has 5 atom stereocenters. The Morgan fingerprint density at radius 3 is 2.44 bits per heavy atom. The molecule has 0 aromatic heterocycles. The third kappa shape index (κ3) is 4.68. The van der Waals surface area contributed by atoms with E-state index in [2.05, 4.69) is 19.9 Å². The average Bonchev–Trinajstić information content (AvgIpc) is 3.17. The molecule has 5 heteroatoms. The first-order valence-corrected chi connectivity index (χ1v) is 12.1. The highest BCUT2D eigenvalue weighted by Gasteiger charge is 2.54. The molecule has 178 valence electrons. The molecule has 0 fully saturated rings. The number of Topliss-reactive ketones (excluding diaryl/α,β-unsaturated/α-hetero) is 1. The van der Waals surface area contributed by atoms with E-state index >= 15 is 0 Å². The summed E-state index contributed by atoms with van der Waals surface area (Å²) in [7, 11) is 1.37. The number of rotatable bonds is 2. The Morgan fingerprint density at radius 1 is 1.25 bits per heavy atom. The number of carbonyl (C=O) groups is 3. The number of carbonyl (C=O) groups excluding carboxylic acids is 3. The van der Waals surface area contributed by atoms with Gasteiger partial charge in [-0.2, -0.15) is 0 Å². The van der Waals surface area contributed by atoms with Crippen LogP contribution in [0.3, 0.4) is 0 Å². The smallest absolute Gasteiger partial charge is 0.316 e. The average molecular weight is 445 g/mol. The summed E-state index contributed by atoms with van der Waals surface area (Å²) < 4.78 is 5.05. The fourth-order valence-electron chi connectivity index (χ4n) is 5.60. The zero-order valence-corrected chi connectivity index (χ0v) is 20.8. The molecule has 0 aromatic rings. The molecule has 0 heterocycles. The number of aliphatic hydroxyl groups excluding tert-OH is 1. The lowest BCUT2D eigenvalue weighted by Gasteiger charge is -2.50. The first-order chi connectivity index (χ1) is 15.2. The summed E-state index contributed by atoms with van der Waals surface area (Å²) in [6, 6.07) is 0. The van der Waals surface area contributed by atoms with Crippen molar-refractivity contribution in [2.45, 2.75) is 86.2 Å². The quantitative estimate of drug-likeness (QED) is 0.597. The Hall–Kier alpha value is -2.01. The summed E-state index contributed by atoms with van der Waals surface area (Å²) in [5.41, 5.74) is 3.92. The van der Waals surface area contributed by atoms with E-state index in [-0.39, 0.29) is 17.0 Å². The summed E-state index contributed by atoms with van der Waals surface area (Å²) in [5.74, 6) is 0.243. The SMILES string of the molecule is CC.CCC(C)=O.COC(=O)C1C2=C(CCC3C2=CCC3C)C2(C)CCC(=O)C=C2[C@@H]1O. The van der Waals surface area contributed by atoms with Crippen LogP contribution in [0.4, 0.5) is 0 Å². The van der Waals surface area contributed by atoms with E-state index in [4.69, 9.17) is 4.74 Å². The molecule has 0 spiro atoms. The summed E-state index contributed by atoms with van der Waals surface area (Å²) >= 11 is 0. The molecule has 0 amide bonds. The molecule has 0 radical (unpaired) electrons. The lowest BCUT2D eigenvalue weighted by molar-refractivity contribution is -0.147. The zero-order valence-electron chi connectivity index (χ0n) is 20.8. The molecular formula is C27H40O5. The van der Waals surface area contributed by atoms with Gasteiger partial charge < -0.3 is 14.6 Å². The van der Waals surface area contributed by atoms with Gasteiger partial charge in [0.15, 0.2) is 5.78 Å². The molecule has 4 aliphatic rings. The van der Waals surface area contributed by atoms with Crippen LogP contribution in [0.15, 0.2) is 34.4 Å². The van der Waals surface area contributed by atoms with Crippen LogP contribution in [0.25, 0.3) is 0 Å². The van der Waals surface area contributed by atoms with E-state index < -0.39 is 18.0 Å². The first kappa shape index (κ1) is 26.2. The Kier molecular flexibility index (Phi) is 8.81. The fourth-order valence-corrected chi connectivity index (χ4v) is 5.60. The van der Waals surface area contributed by atoms with E-state index in [1.807, 2.05) is 20.8 Å². The number of ether oxygens (including phenoxy) is 1. The molecule has 0 bridgehead atoms. The predicted molar refractivity (Wildman–Crippen MR) is 126 cm³/mol. The van der Waals surface area contributed by atoms with Crippen molar-refractivity contribution in [3.63, 3.8) is 0 Å². The van der Waals surface area contributed by atoms with Gasteiger partial charge in [-0.05, 0) is 67.2 Å². The van der Waals surface area contributed by atoms with Crippen molar-refractivity contribution in [2.24, 2.45) is 23.2 Å². The van der Waals surface area contributed by atoms with Crippen molar-refractivity contribution in [3.8, 4) is 0 Å². The number of allylic oxidation sites excluding steroid dienone is 4. The number of esters is 1. The third-order valence-electron chi connectivity index (χ3n) is 7.53. The van der Waals surface area contributed by atoms with Crippen molar-refractivity contribution >= 4 is 17.5 Å². The number of hydrogen-bond donors (Lipinski definition) is 1. The summed E-state index contributed by atoms with van der Waals surface area (Å²) in [4.78, 5) is 34.4. The third-order valence-corrected chi connectivity index (χ3v) is 7.53. The van der Waals surface area contributed by atoms with Crippen LogP contribution in [0.2, 0.25) is 0 Å². The van der Waals surface area contributed by atoms with Gasteiger partial charge in [0.1, 0.15) is 11.7 Å².